The fourth-order valence-electron chi connectivity index (χ4n) is 3.04. The zero-order chi connectivity index (χ0) is 18.8. The summed E-state index contributed by atoms with van der Waals surface area (Å²) in [7, 11) is 1.62. The summed E-state index contributed by atoms with van der Waals surface area (Å²) in [6.45, 7) is 0. The molecule has 0 bridgehead atoms. The molecule has 27 heavy (non-hydrogen) atoms. The van der Waals surface area contributed by atoms with E-state index in [4.69, 9.17) is 21.4 Å². The van der Waals surface area contributed by atoms with E-state index < -0.39 is 0 Å². The van der Waals surface area contributed by atoms with Gasteiger partial charge in [-0.2, -0.15) is 16.9 Å². The van der Waals surface area contributed by atoms with Gasteiger partial charge in [0, 0.05) is 22.1 Å². The predicted molar refractivity (Wildman–Crippen MR) is 109 cm³/mol. The van der Waals surface area contributed by atoms with E-state index in [-0.39, 0.29) is 12.3 Å². The van der Waals surface area contributed by atoms with E-state index in [1.165, 1.54) is 0 Å². The average Bonchev–Trinajstić information content (AvgIpc) is 3.25. The molecule has 0 saturated carbocycles. The number of ether oxygens (including phenoxy) is 1. The second-order valence-electron chi connectivity index (χ2n) is 6.23. The molecule has 0 fully saturated rings. The number of carbonyl (C=O) groups is 1. The molecular weight excluding hydrogens is 382 g/mol. The molecule has 7 heteroatoms. The summed E-state index contributed by atoms with van der Waals surface area (Å²) >= 11 is 7.94. The Bertz CT molecular complexity index is 985. The summed E-state index contributed by atoms with van der Waals surface area (Å²) in [5.41, 5.74) is 3.86. The summed E-state index contributed by atoms with van der Waals surface area (Å²) in [6, 6.07) is 15.0. The van der Waals surface area contributed by atoms with Crippen LogP contribution in [-0.2, 0) is 22.7 Å². The number of nitrogens with one attached hydrogen (secondary N) is 1. The molecule has 0 spiro atoms. The molecule has 2 aromatic carbocycles. The molecule has 1 N–H and O–H groups in total. The number of carbonyl (C=O) groups excluding carboxylic acids is 1. The Kier molecular flexibility index (Phi) is 5.09. The van der Waals surface area contributed by atoms with Gasteiger partial charge in [-0.1, -0.05) is 29.8 Å². The Hall–Kier alpha value is -2.44. The van der Waals surface area contributed by atoms with E-state index >= 15 is 0 Å². The van der Waals surface area contributed by atoms with Crippen LogP contribution < -0.4 is 10.1 Å². The van der Waals surface area contributed by atoms with E-state index in [1.807, 2.05) is 48.5 Å². The molecule has 1 aromatic heterocycles. The minimum atomic E-state index is -0.0805. The van der Waals surface area contributed by atoms with Gasteiger partial charge in [0.15, 0.2) is 0 Å². The number of methoxy groups -OCH3 is 1. The average molecular weight is 400 g/mol. The second-order valence-corrected chi connectivity index (χ2v) is 7.65. The lowest BCUT2D eigenvalue weighted by molar-refractivity contribution is -0.115. The number of rotatable bonds is 5. The molecule has 0 aliphatic carbocycles. The van der Waals surface area contributed by atoms with Crippen molar-refractivity contribution in [3.8, 4) is 11.4 Å². The SMILES string of the molecule is COc1ccc(CC(=O)Nc2c3c(nn2-c2cccc(Cl)c2)CSC3)cc1. The fourth-order valence-corrected chi connectivity index (χ4v) is 4.26. The van der Waals surface area contributed by atoms with Crippen molar-refractivity contribution in [2.24, 2.45) is 0 Å². The molecule has 4 rings (SSSR count). The maximum atomic E-state index is 12.7. The minimum Gasteiger partial charge on any atom is -0.497 e. The molecule has 1 aliphatic rings. The lowest BCUT2D eigenvalue weighted by Gasteiger charge is -2.11. The van der Waals surface area contributed by atoms with Gasteiger partial charge < -0.3 is 10.1 Å². The molecule has 0 saturated heterocycles. The third-order valence-electron chi connectivity index (χ3n) is 4.39. The van der Waals surface area contributed by atoms with Crippen molar-refractivity contribution >= 4 is 35.1 Å². The van der Waals surface area contributed by atoms with Crippen LogP contribution in [0.4, 0.5) is 5.82 Å². The third kappa shape index (κ3) is 3.82. The van der Waals surface area contributed by atoms with Gasteiger partial charge in [-0.25, -0.2) is 4.68 Å². The standard InChI is InChI=1S/C20H18ClN3O2S/c1-26-16-7-5-13(6-8-16)9-19(25)22-20-17-11-27-12-18(17)23-24(20)15-4-2-3-14(21)10-15/h2-8,10H,9,11-12H2,1H3,(H,22,25). The molecule has 138 valence electrons. The van der Waals surface area contributed by atoms with Gasteiger partial charge in [0.1, 0.15) is 11.6 Å². The summed E-state index contributed by atoms with van der Waals surface area (Å²) in [5.74, 6) is 3.12. The molecule has 3 aromatic rings. The monoisotopic (exact) mass is 399 g/mol. The largest absolute Gasteiger partial charge is 0.497 e. The lowest BCUT2D eigenvalue weighted by Crippen LogP contribution is -2.18. The number of aromatic nitrogens is 2. The molecule has 1 aliphatic heterocycles. The Morgan fingerprint density at radius 1 is 1.26 bits per heavy atom. The Morgan fingerprint density at radius 2 is 2.07 bits per heavy atom. The zero-order valence-electron chi connectivity index (χ0n) is 14.7. The van der Waals surface area contributed by atoms with E-state index in [2.05, 4.69) is 5.32 Å². The lowest BCUT2D eigenvalue weighted by atomic mass is 10.1. The molecular formula is C20H18ClN3O2S. The fraction of sp³-hybridized carbons (Fsp3) is 0.200. The van der Waals surface area contributed by atoms with Crippen molar-refractivity contribution in [1.29, 1.82) is 0 Å². The number of anilines is 1. The normalized spacial score (nSPS) is 12.7. The first-order valence-electron chi connectivity index (χ1n) is 8.51. The highest BCUT2D eigenvalue weighted by molar-refractivity contribution is 7.98. The number of nitrogens with zero attached hydrogens (tertiary/aromatic N) is 2. The van der Waals surface area contributed by atoms with Crippen LogP contribution in [0.15, 0.2) is 48.5 Å². The van der Waals surface area contributed by atoms with Gasteiger partial charge in [-0.05, 0) is 35.9 Å². The van der Waals surface area contributed by atoms with Crippen molar-refractivity contribution in [2.45, 2.75) is 17.9 Å². The van der Waals surface area contributed by atoms with Gasteiger partial charge in [-0.3, -0.25) is 4.79 Å². The van der Waals surface area contributed by atoms with Crippen molar-refractivity contribution in [2.75, 3.05) is 12.4 Å². The summed E-state index contributed by atoms with van der Waals surface area (Å²) in [5, 5.41) is 8.38. The second kappa shape index (κ2) is 7.66. The zero-order valence-corrected chi connectivity index (χ0v) is 16.3. The van der Waals surface area contributed by atoms with Gasteiger partial charge in [0.05, 0.1) is 24.9 Å². The molecule has 1 amide bonds. The van der Waals surface area contributed by atoms with Crippen molar-refractivity contribution in [1.82, 2.24) is 9.78 Å². The van der Waals surface area contributed by atoms with Crippen LogP contribution >= 0.6 is 23.4 Å². The molecule has 0 atom stereocenters. The molecule has 0 unspecified atom stereocenters. The van der Waals surface area contributed by atoms with Crippen LogP contribution in [-0.4, -0.2) is 22.8 Å². The quantitative estimate of drug-likeness (QED) is 0.688. The van der Waals surface area contributed by atoms with E-state index in [9.17, 15) is 4.79 Å². The Labute approximate surface area is 166 Å². The highest BCUT2D eigenvalue weighted by atomic mass is 35.5. The highest BCUT2D eigenvalue weighted by Gasteiger charge is 2.24. The van der Waals surface area contributed by atoms with Crippen LogP contribution in [0.25, 0.3) is 5.69 Å². The van der Waals surface area contributed by atoms with E-state index in [1.54, 1.807) is 23.6 Å². The summed E-state index contributed by atoms with van der Waals surface area (Å²) in [6.07, 6.45) is 0.284. The van der Waals surface area contributed by atoms with Crippen molar-refractivity contribution in [3.05, 3.63) is 70.4 Å². The predicted octanol–water partition coefficient (Wildman–Crippen LogP) is 4.46. The Balaban J connectivity index is 1.60. The van der Waals surface area contributed by atoms with Crippen molar-refractivity contribution < 1.29 is 9.53 Å². The van der Waals surface area contributed by atoms with E-state index in [0.717, 1.165) is 45.6 Å². The smallest absolute Gasteiger partial charge is 0.229 e. The maximum absolute atomic E-state index is 12.7. The van der Waals surface area contributed by atoms with Crippen LogP contribution in [0.1, 0.15) is 16.8 Å². The molecule has 0 radical (unpaired) electrons. The molecule has 2 heterocycles. The van der Waals surface area contributed by atoms with Gasteiger partial charge >= 0.3 is 0 Å². The highest BCUT2D eigenvalue weighted by Crippen LogP contribution is 2.36. The number of halogens is 1. The summed E-state index contributed by atoms with van der Waals surface area (Å²) in [4.78, 5) is 12.7. The van der Waals surface area contributed by atoms with E-state index in [0.29, 0.717) is 5.02 Å². The van der Waals surface area contributed by atoms with Gasteiger partial charge in [0.2, 0.25) is 5.91 Å². The number of amides is 1. The van der Waals surface area contributed by atoms with Crippen LogP contribution in [0.5, 0.6) is 5.75 Å². The number of hydrogen-bond donors (Lipinski definition) is 1. The topological polar surface area (TPSA) is 56.1 Å². The minimum absolute atomic E-state index is 0.0805. The number of hydrogen-bond acceptors (Lipinski definition) is 4. The summed E-state index contributed by atoms with van der Waals surface area (Å²) < 4.78 is 6.94. The van der Waals surface area contributed by atoms with Crippen LogP contribution in [0.2, 0.25) is 5.02 Å². The maximum Gasteiger partial charge on any atom is 0.229 e. The Morgan fingerprint density at radius 3 is 2.81 bits per heavy atom. The number of benzene rings is 2. The van der Waals surface area contributed by atoms with Crippen molar-refractivity contribution in [3.63, 3.8) is 0 Å². The first-order chi connectivity index (χ1) is 13.1. The number of fused-ring (bicyclic) bond motifs is 1. The van der Waals surface area contributed by atoms with Crippen LogP contribution in [0.3, 0.4) is 0 Å². The van der Waals surface area contributed by atoms with Gasteiger partial charge in [-0.15, -0.1) is 0 Å². The third-order valence-corrected chi connectivity index (χ3v) is 5.59. The number of thioether (sulfide) groups is 1. The molecule has 5 nitrogen and oxygen atoms in total. The first-order valence-corrected chi connectivity index (χ1v) is 10.0. The van der Waals surface area contributed by atoms with Crippen LogP contribution in [0, 0.1) is 0 Å². The first kappa shape index (κ1) is 17.9. The van der Waals surface area contributed by atoms with Gasteiger partial charge in [0.25, 0.3) is 0 Å².